The molecule has 4 heteroatoms. The van der Waals surface area contributed by atoms with Crippen molar-refractivity contribution in [2.75, 3.05) is 0 Å². The third-order valence-electron chi connectivity index (χ3n) is 9.72. The van der Waals surface area contributed by atoms with Gasteiger partial charge in [0.25, 0.3) is 0 Å². The first-order chi connectivity index (χ1) is 24.8. The number of fused-ring (bicyclic) bond motifs is 6. The number of nitrogens with zero attached hydrogens (tertiary/aromatic N) is 4. The minimum Gasteiger partial charge on any atom is -0.294 e. The summed E-state index contributed by atoms with van der Waals surface area (Å²) in [5.41, 5.74) is 10.5. The molecule has 0 N–H and O–H groups in total. The molecular weight excluding hydrogens is 609 g/mol. The molecule has 0 saturated heterocycles. The van der Waals surface area contributed by atoms with Gasteiger partial charge < -0.3 is 0 Å². The van der Waals surface area contributed by atoms with E-state index in [2.05, 4.69) is 191 Å². The number of para-hydroxylation sites is 4. The van der Waals surface area contributed by atoms with Crippen LogP contribution in [-0.2, 0) is 0 Å². The fourth-order valence-electron chi connectivity index (χ4n) is 7.46. The first kappa shape index (κ1) is 28.3. The van der Waals surface area contributed by atoms with Gasteiger partial charge in [0, 0.05) is 21.5 Å². The molecule has 0 radical (unpaired) electrons. The van der Waals surface area contributed by atoms with Gasteiger partial charge in [-0.05, 0) is 70.8 Å². The molecule has 4 nitrogen and oxygen atoms in total. The minimum atomic E-state index is 0.808. The van der Waals surface area contributed by atoms with Gasteiger partial charge in [-0.1, -0.05) is 133 Å². The summed E-state index contributed by atoms with van der Waals surface area (Å²) in [5.74, 6) is 1.70. The molecule has 0 unspecified atom stereocenters. The Morgan fingerprint density at radius 2 is 0.580 bits per heavy atom. The van der Waals surface area contributed by atoms with Gasteiger partial charge in [0.1, 0.15) is 11.6 Å². The zero-order valence-corrected chi connectivity index (χ0v) is 27.1. The van der Waals surface area contributed by atoms with Crippen molar-refractivity contribution in [1.82, 2.24) is 19.1 Å². The molecule has 0 fully saturated rings. The van der Waals surface area contributed by atoms with Crippen LogP contribution in [0.15, 0.2) is 182 Å². The first-order valence-corrected chi connectivity index (χ1v) is 16.9. The second-order valence-electron chi connectivity index (χ2n) is 12.7. The highest BCUT2D eigenvalue weighted by Gasteiger charge is 2.19. The number of aromatic nitrogens is 4. The maximum Gasteiger partial charge on any atom is 0.138 e. The lowest BCUT2D eigenvalue weighted by molar-refractivity contribution is 1.06. The number of hydrogen-bond donors (Lipinski definition) is 0. The Kier molecular flexibility index (Phi) is 6.46. The molecule has 0 amide bonds. The maximum absolute atomic E-state index is 5.44. The summed E-state index contributed by atoms with van der Waals surface area (Å²) < 4.78 is 4.57. The largest absolute Gasteiger partial charge is 0.294 e. The molecule has 0 aliphatic heterocycles. The van der Waals surface area contributed by atoms with E-state index in [-0.39, 0.29) is 0 Å². The summed E-state index contributed by atoms with van der Waals surface area (Å²) in [5, 5.41) is 4.81. The van der Waals surface area contributed by atoms with Crippen LogP contribution < -0.4 is 0 Å². The average Bonchev–Trinajstić information content (AvgIpc) is 3.71. The predicted molar refractivity (Wildman–Crippen MR) is 207 cm³/mol. The molecule has 4 aromatic heterocycles. The van der Waals surface area contributed by atoms with Crippen LogP contribution in [0.5, 0.6) is 0 Å². The van der Waals surface area contributed by atoms with E-state index in [9.17, 15) is 0 Å². The molecule has 234 valence electrons. The lowest BCUT2D eigenvalue weighted by Gasteiger charge is -2.15. The number of benzene rings is 6. The van der Waals surface area contributed by atoms with Crippen molar-refractivity contribution in [2.24, 2.45) is 0 Å². The molecule has 4 heterocycles. The molecule has 0 bridgehead atoms. The van der Waals surface area contributed by atoms with Crippen molar-refractivity contribution in [3.8, 4) is 45.3 Å². The Morgan fingerprint density at radius 3 is 0.920 bits per heavy atom. The molecule has 0 aliphatic rings. The van der Waals surface area contributed by atoms with Crippen LogP contribution in [0.4, 0.5) is 0 Å². The first-order valence-electron chi connectivity index (χ1n) is 16.9. The number of rotatable bonds is 5. The Hall–Kier alpha value is -6.78. The van der Waals surface area contributed by atoms with Crippen LogP contribution in [0, 0.1) is 0 Å². The topological polar surface area (TPSA) is 35.6 Å². The summed E-state index contributed by atoms with van der Waals surface area (Å²) in [6.45, 7) is 0. The van der Waals surface area contributed by atoms with Crippen LogP contribution in [0.1, 0.15) is 0 Å². The van der Waals surface area contributed by atoms with E-state index in [1.165, 1.54) is 21.5 Å². The summed E-state index contributed by atoms with van der Waals surface area (Å²) in [6.07, 6.45) is 0. The SMILES string of the molecule is c1ccc(-c2cc(-c3cc(-c4ccccc4)cc(-n4c5ccccc5c5ccccc54)n3)nc(-n3c4ccccc4c4ccccc43)c2)cc1. The second-order valence-corrected chi connectivity index (χ2v) is 12.7. The molecular formula is C46H30N4. The van der Waals surface area contributed by atoms with Gasteiger partial charge in [-0.15, -0.1) is 0 Å². The molecule has 10 rings (SSSR count). The Bertz CT molecular complexity index is 2560. The zero-order valence-electron chi connectivity index (χ0n) is 27.1. The Labute approximate surface area is 289 Å². The van der Waals surface area contributed by atoms with Gasteiger partial charge in [-0.3, -0.25) is 9.13 Å². The van der Waals surface area contributed by atoms with Gasteiger partial charge >= 0.3 is 0 Å². The van der Waals surface area contributed by atoms with E-state index in [4.69, 9.17) is 9.97 Å². The predicted octanol–water partition coefficient (Wildman–Crippen LogP) is 11.7. The molecule has 0 saturated carbocycles. The van der Waals surface area contributed by atoms with Gasteiger partial charge in [0.05, 0.1) is 33.5 Å². The van der Waals surface area contributed by atoms with Crippen LogP contribution in [0.25, 0.3) is 88.9 Å². The van der Waals surface area contributed by atoms with Crippen molar-refractivity contribution >= 4 is 43.6 Å². The quantitative estimate of drug-likeness (QED) is 0.188. The van der Waals surface area contributed by atoms with Crippen LogP contribution in [-0.4, -0.2) is 19.1 Å². The van der Waals surface area contributed by atoms with Gasteiger partial charge in [0.15, 0.2) is 0 Å². The Morgan fingerprint density at radius 1 is 0.280 bits per heavy atom. The van der Waals surface area contributed by atoms with E-state index in [0.29, 0.717) is 0 Å². The summed E-state index contributed by atoms with van der Waals surface area (Å²) in [6, 6.07) is 64.2. The van der Waals surface area contributed by atoms with Gasteiger partial charge in [-0.2, -0.15) is 0 Å². The van der Waals surface area contributed by atoms with E-state index < -0.39 is 0 Å². The summed E-state index contributed by atoms with van der Waals surface area (Å²) >= 11 is 0. The van der Waals surface area contributed by atoms with Crippen molar-refractivity contribution in [1.29, 1.82) is 0 Å². The monoisotopic (exact) mass is 638 g/mol. The molecule has 50 heavy (non-hydrogen) atoms. The van der Waals surface area contributed by atoms with E-state index in [1.807, 2.05) is 0 Å². The fraction of sp³-hybridized carbons (Fsp3) is 0. The van der Waals surface area contributed by atoms with Crippen molar-refractivity contribution in [3.63, 3.8) is 0 Å². The lowest BCUT2D eigenvalue weighted by atomic mass is 10.0. The third-order valence-corrected chi connectivity index (χ3v) is 9.72. The molecule has 0 spiro atoms. The number of hydrogen-bond acceptors (Lipinski definition) is 2. The van der Waals surface area contributed by atoms with Crippen LogP contribution >= 0.6 is 0 Å². The normalized spacial score (nSPS) is 11.6. The highest BCUT2D eigenvalue weighted by atomic mass is 15.1. The highest BCUT2D eigenvalue weighted by Crippen LogP contribution is 2.37. The summed E-state index contributed by atoms with van der Waals surface area (Å²) in [4.78, 5) is 10.9. The number of pyridine rings is 2. The molecule has 0 aliphatic carbocycles. The zero-order chi connectivity index (χ0) is 33.0. The van der Waals surface area contributed by atoms with E-state index in [1.54, 1.807) is 0 Å². The minimum absolute atomic E-state index is 0.808. The van der Waals surface area contributed by atoms with Crippen molar-refractivity contribution < 1.29 is 0 Å². The maximum atomic E-state index is 5.44. The standard InChI is InChI=1S/C46H30N4/c1-3-15-31(16-4-1)33-27-39(47-45(29-33)49-41-23-11-7-19-35(41)36-20-8-12-24-42(36)49)40-28-34(32-17-5-2-6-18-32)30-46(48-40)50-43-25-13-9-21-37(43)38-22-10-14-26-44(38)50/h1-30H. The van der Waals surface area contributed by atoms with Crippen molar-refractivity contribution in [2.45, 2.75) is 0 Å². The van der Waals surface area contributed by atoms with Crippen LogP contribution in [0.3, 0.4) is 0 Å². The summed E-state index contributed by atoms with van der Waals surface area (Å²) in [7, 11) is 0. The fourth-order valence-corrected chi connectivity index (χ4v) is 7.46. The van der Waals surface area contributed by atoms with Gasteiger partial charge in [0.2, 0.25) is 0 Å². The molecule has 6 aromatic carbocycles. The van der Waals surface area contributed by atoms with Crippen molar-refractivity contribution in [3.05, 3.63) is 182 Å². The smallest absolute Gasteiger partial charge is 0.138 e. The Balaban J connectivity index is 1.28. The van der Waals surface area contributed by atoms with E-state index in [0.717, 1.165) is 67.3 Å². The molecule has 10 aromatic rings. The van der Waals surface area contributed by atoms with E-state index >= 15 is 0 Å². The second kappa shape index (κ2) is 11.4. The van der Waals surface area contributed by atoms with Gasteiger partial charge in [-0.25, -0.2) is 9.97 Å². The molecule has 0 atom stereocenters. The highest BCUT2D eigenvalue weighted by molar-refractivity contribution is 6.10. The average molecular weight is 639 g/mol. The third kappa shape index (κ3) is 4.54. The lowest BCUT2D eigenvalue weighted by Crippen LogP contribution is -2.03. The van der Waals surface area contributed by atoms with Crippen LogP contribution in [0.2, 0.25) is 0 Å².